The van der Waals surface area contributed by atoms with E-state index in [0.29, 0.717) is 10.8 Å². The van der Waals surface area contributed by atoms with E-state index in [1.54, 1.807) is 0 Å². The molecular formula is C18H11N3O2. The second-order valence-electron chi connectivity index (χ2n) is 5.60. The molecule has 5 aromatic rings. The summed E-state index contributed by atoms with van der Waals surface area (Å²) in [5.74, 6) is 0. The molecule has 5 nitrogen and oxygen atoms in total. The minimum Gasteiger partial charge on any atom is -0.308 e. The largest absolute Gasteiger partial charge is 0.308 e. The predicted molar refractivity (Wildman–Crippen MR) is 90.3 cm³/mol. The number of nitrogens with zero attached hydrogens (tertiary/aromatic N) is 1. The molecule has 0 amide bonds. The monoisotopic (exact) mass is 301 g/mol. The highest BCUT2D eigenvalue weighted by atomic mass is 16.1. The van der Waals surface area contributed by atoms with Gasteiger partial charge in [-0.05, 0) is 23.8 Å². The molecule has 5 rings (SSSR count). The van der Waals surface area contributed by atoms with E-state index in [0.717, 1.165) is 27.7 Å². The Morgan fingerprint density at radius 1 is 0.783 bits per heavy atom. The minimum atomic E-state index is -0.284. The van der Waals surface area contributed by atoms with Crippen LogP contribution >= 0.6 is 0 Å². The first-order chi connectivity index (χ1) is 11.3. The molecule has 0 radical (unpaired) electrons. The van der Waals surface area contributed by atoms with Gasteiger partial charge in [0.2, 0.25) is 0 Å². The van der Waals surface area contributed by atoms with E-state index < -0.39 is 0 Å². The summed E-state index contributed by atoms with van der Waals surface area (Å²) >= 11 is 0. The molecule has 4 heterocycles. The highest BCUT2D eigenvalue weighted by Gasteiger charge is 2.20. The number of H-pyrrole nitrogens is 2. The van der Waals surface area contributed by atoms with Crippen LogP contribution in [0.2, 0.25) is 0 Å². The van der Waals surface area contributed by atoms with Gasteiger partial charge in [0.1, 0.15) is 0 Å². The lowest BCUT2D eigenvalue weighted by molar-refractivity contribution is 0.979. The molecule has 0 spiro atoms. The second kappa shape index (κ2) is 4.10. The number of aromatic nitrogens is 3. The van der Waals surface area contributed by atoms with E-state index in [4.69, 9.17) is 0 Å². The summed E-state index contributed by atoms with van der Waals surface area (Å²) in [6, 6.07) is 17.7. The molecule has 4 aromatic heterocycles. The van der Waals surface area contributed by atoms with Gasteiger partial charge in [0, 0.05) is 11.1 Å². The van der Waals surface area contributed by atoms with E-state index in [1.807, 2.05) is 52.9 Å². The van der Waals surface area contributed by atoms with E-state index in [2.05, 4.69) is 16.3 Å². The van der Waals surface area contributed by atoms with Crippen LogP contribution in [0.3, 0.4) is 0 Å². The normalized spacial score (nSPS) is 11.8. The molecule has 0 fully saturated rings. The van der Waals surface area contributed by atoms with Crippen LogP contribution in [0, 0.1) is 0 Å². The van der Waals surface area contributed by atoms with Crippen LogP contribution in [0.25, 0.3) is 38.4 Å². The molecule has 23 heavy (non-hydrogen) atoms. The zero-order chi connectivity index (χ0) is 15.6. The van der Waals surface area contributed by atoms with E-state index in [1.165, 1.54) is 0 Å². The molecule has 0 saturated heterocycles. The van der Waals surface area contributed by atoms with Crippen LogP contribution < -0.4 is 11.1 Å². The Morgan fingerprint density at radius 3 is 2.30 bits per heavy atom. The van der Waals surface area contributed by atoms with Crippen molar-refractivity contribution in [3.63, 3.8) is 0 Å². The van der Waals surface area contributed by atoms with Gasteiger partial charge in [0.15, 0.2) is 0 Å². The second-order valence-corrected chi connectivity index (χ2v) is 5.60. The fourth-order valence-corrected chi connectivity index (χ4v) is 3.44. The van der Waals surface area contributed by atoms with E-state index in [9.17, 15) is 9.59 Å². The Kier molecular flexibility index (Phi) is 2.18. The minimum absolute atomic E-state index is 0.283. The van der Waals surface area contributed by atoms with Crippen molar-refractivity contribution in [2.45, 2.75) is 0 Å². The lowest BCUT2D eigenvalue weighted by Crippen LogP contribution is -2.17. The third-order valence-electron chi connectivity index (χ3n) is 4.36. The van der Waals surface area contributed by atoms with Gasteiger partial charge >= 0.3 is 0 Å². The third-order valence-corrected chi connectivity index (χ3v) is 4.36. The van der Waals surface area contributed by atoms with Gasteiger partial charge in [-0.1, -0.05) is 36.4 Å². The number of hydrogen-bond donors (Lipinski definition) is 2. The Hall–Kier alpha value is -3.34. The molecule has 0 aliphatic rings. The van der Waals surface area contributed by atoms with Crippen molar-refractivity contribution >= 4 is 27.3 Å². The van der Waals surface area contributed by atoms with Gasteiger partial charge in [-0.25, -0.2) is 0 Å². The van der Waals surface area contributed by atoms with E-state index >= 15 is 0 Å². The number of fused-ring (bicyclic) bond motifs is 3. The summed E-state index contributed by atoms with van der Waals surface area (Å²) in [5.41, 5.74) is 3.90. The zero-order valence-corrected chi connectivity index (χ0v) is 12.0. The number of pyridine rings is 1. The van der Waals surface area contributed by atoms with Gasteiger partial charge in [-0.15, -0.1) is 0 Å². The Morgan fingerprint density at radius 2 is 1.52 bits per heavy atom. The van der Waals surface area contributed by atoms with Crippen LogP contribution in [0.4, 0.5) is 0 Å². The SMILES string of the molecule is O=c1[nH][nH]c(=O)c2c1c1cccc3cc(-c4ccccc4)c2n31. The molecule has 1 aromatic carbocycles. The molecule has 0 unspecified atom stereocenters. The van der Waals surface area contributed by atoms with Crippen molar-refractivity contribution in [1.29, 1.82) is 0 Å². The average molecular weight is 301 g/mol. The topological polar surface area (TPSA) is 70.1 Å². The number of rotatable bonds is 1. The Labute approximate surface area is 129 Å². The Balaban J connectivity index is 2.16. The molecule has 0 aliphatic carbocycles. The Bertz CT molecular complexity index is 1290. The number of hydrogen-bond acceptors (Lipinski definition) is 2. The lowest BCUT2D eigenvalue weighted by Gasteiger charge is -1.98. The first-order valence-corrected chi connectivity index (χ1v) is 7.31. The molecule has 0 aliphatic heterocycles. The first kappa shape index (κ1) is 12.2. The fraction of sp³-hybridized carbons (Fsp3) is 0. The quantitative estimate of drug-likeness (QED) is 0.500. The van der Waals surface area contributed by atoms with Gasteiger partial charge in [-0.3, -0.25) is 19.8 Å². The smallest absolute Gasteiger partial charge is 0.272 e. The maximum Gasteiger partial charge on any atom is 0.272 e. The molecular weight excluding hydrogens is 290 g/mol. The molecule has 0 bridgehead atoms. The van der Waals surface area contributed by atoms with E-state index in [-0.39, 0.29) is 11.1 Å². The van der Waals surface area contributed by atoms with Crippen LogP contribution in [0.1, 0.15) is 0 Å². The van der Waals surface area contributed by atoms with Crippen molar-refractivity contribution in [1.82, 2.24) is 14.6 Å². The lowest BCUT2D eigenvalue weighted by atomic mass is 10.1. The van der Waals surface area contributed by atoms with Crippen molar-refractivity contribution in [2.75, 3.05) is 0 Å². The highest BCUT2D eigenvalue weighted by Crippen LogP contribution is 2.36. The summed E-state index contributed by atoms with van der Waals surface area (Å²) in [7, 11) is 0. The van der Waals surface area contributed by atoms with Crippen LogP contribution in [0.15, 0.2) is 64.2 Å². The summed E-state index contributed by atoms with van der Waals surface area (Å²) in [6.45, 7) is 0. The van der Waals surface area contributed by atoms with Crippen molar-refractivity contribution < 1.29 is 0 Å². The molecule has 5 heteroatoms. The van der Waals surface area contributed by atoms with Gasteiger partial charge < -0.3 is 4.40 Å². The third kappa shape index (κ3) is 1.46. The molecule has 2 N–H and O–H groups in total. The maximum atomic E-state index is 12.4. The highest BCUT2D eigenvalue weighted by molar-refractivity contribution is 6.14. The number of nitrogens with one attached hydrogen (secondary N) is 2. The zero-order valence-electron chi connectivity index (χ0n) is 12.0. The van der Waals surface area contributed by atoms with Crippen LogP contribution in [0.5, 0.6) is 0 Å². The molecule has 0 atom stereocenters. The standard InChI is InChI=1S/C18H11N3O2/c22-17-14-13-8-4-7-11-9-12(10-5-2-1-3-6-10)16(21(11)13)15(14)18(23)20-19-17/h1-9H,(H,19,22)(H,20,23). The average Bonchev–Trinajstić information content (AvgIpc) is 3.13. The number of benzene rings is 1. The van der Waals surface area contributed by atoms with Crippen molar-refractivity contribution in [3.05, 3.63) is 75.3 Å². The van der Waals surface area contributed by atoms with Crippen LogP contribution in [-0.4, -0.2) is 14.6 Å². The summed E-state index contributed by atoms with van der Waals surface area (Å²) < 4.78 is 1.98. The van der Waals surface area contributed by atoms with Crippen molar-refractivity contribution in [2.24, 2.45) is 0 Å². The predicted octanol–water partition coefficient (Wildman–Crippen LogP) is 2.73. The fourth-order valence-electron chi connectivity index (χ4n) is 3.44. The molecule has 0 saturated carbocycles. The van der Waals surface area contributed by atoms with Gasteiger partial charge in [0.05, 0.1) is 21.8 Å². The maximum absolute atomic E-state index is 12.4. The van der Waals surface area contributed by atoms with Crippen molar-refractivity contribution in [3.8, 4) is 11.1 Å². The van der Waals surface area contributed by atoms with Gasteiger partial charge in [-0.2, -0.15) is 0 Å². The number of aromatic amines is 2. The first-order valence-electron chi connectivity index (χ1n) is 7.31. The van der Waals surface area contributed by atoms with Gasteiger partial charge in [0.25, 0.3) is 11.1 Å². The van der Waals surface area contributed by atoms with Crippen LogP contribution in [-0.2, 0) is 0 Å². The summed E-state index contributed by atoms with van der Waals surface area (Å²) in [5, 5.41) is 5.74. The molecule has 110 valence electrons. The summed E-state index contributed by atoms with van der Waals surface area (Å²) in [6.07, 6.45) is 0. The summed E-state index contributed by atoms with van der Waals surface area (Å²) in [4.78, 5) is 24.7.